The fourth-order valence-electron chi connectivity index (χ4n) is 2.11. The molecule has 1 N–H and O–H groups in total. The molecule has 1 saturated carbocycles. The second-order valence-corrected chi connectivity index (χ2v) is 4.73. The van der Waals surface area contributed by atoms with Crippen LogP contribution in [0.4, 0.5) is 0 Å². The molecule has 0 aromatic carbocycles. The Labute approximate surface area is 87.4 Å². The topological polar surface area (TPSA) is 18.5 Å². The summed E-state index contributed by atoms with van der Waals surface area (Å²) < 4.78 is 0. The summed E-state index contributed by atoms with van der Waals surface area (Å²) in [5.41, 5.74) is 0. The van der Waals surface area contributed by atoms with Gasteiger partial charge in [0.1, 0.15) is 0 Å². The lowest BCUT2D eigenvalue weighted by Gasteiger charge is -2.33. The molecule has 1 saturated heterocycles. The van der Waals surface area contributed by atoms with E-state index < -0.39 is 0 Å². The monoisotopic (exact) mass is 197 g/mol. The van der Waals surface area contributed by atoms with E-state index in [2.05, 4.69) is 22.2 Å². The van der Waals surface area contributed by atoms with Gasteiger partial charge >= 0.3 is 0 Å². The van der Waals surface area contributed by atoms with E-state index in [0.717, 1.165) is 6.04 Å². The molecule has 82 valence electrons. The van der Waals surface area contributed by atoms with Crippen LogP contribution >= 0.6 is 0 Å². The Morgan fingerprint density at radius 2 is 1.86 bits per heavy atom. The lowest BCUT2D eigenvalue weighted by Crippen LogP contribution is -2.47. The van der Waals surface area contributed by atoms with Gasteiger partial charge in [-0.25, -0.2) is 0 Å². The standard InChI is InChI=1S/C11H23N3/c1-13-7-9-14(10-8-13)6-5-12-11-3-2-4-11/h11-12H,2-10H2,1H3. The molecule has 1 aliphatic carbocycles. The first-order valence-electron chi connectivity index (χ1n) is 5.99. The molecule has 3 heteroatoms. The van der Waals surface area contributed by atoms with Crippen molar-refractivity contribution in [1.82, 2.24) is 15.1 Å². The maximum Gasteiger partial charge on any atom is 0.0110 e. The number of hydrogen-bond acceptors (Lipinski definition) is 3. The molecule has 0 atom stereocenters. The fourth-order valence-corrected chi connectivity index (χ4v) is 2.11. The van der Waals surface area contributed by atoms with Crippen LogP contribution in [0.5, 0.6) is 0 Å². The highest BCUT2D eigenvalue weighted by Crippen LogP contribution is 2.17. The maximum atomic E-state index is 3.62. The normalized spacial score (nSPS) is 26.4. The molecule has 2 rings (SSSR count). The molecule has 1 heterocycles. The number of rotatable bonds is 4. The first kappa shape index (κ1) is 10.4. The Morgan fingerprint density at radius 3 is 2.43 bits per heavy atom. The predicted octanol–water partition coefficient (Wildman–Crippen LogP) is 0.376. The SMILES string of the molecule is CN1CCN(CCNC2CCC2)CC1. The summed E-state index contributed by atoms with van der Waals surface area (Å²) in [6.45, 7) is 7.41. The van der Waals surface area contributed by atoms with E-state index >= 15 is 0 Å². The Kier molecular flexibility index (Phi) is 3.79. The maximum absolute atomic E-state index is 3.62. The van der Waals surface area contributed by atoms with Crippen LogP contribution in [0.3, 0.4) is 0 Å². The first-order chi connectivity index (χ1) is 6.84. The van der Waals surface area contributed by atoms with Gasteiger partial charge in [0.05, 0.1) is 0 Å². The molecule has 0 bridgehead atoms. The Hall–Kier alpha value is -0.120. The zero-order valence-corrected chi connectivity index (χ0v) is 9.34. The molecule has 0 aromatic rings. The van der Waals surface area contributed by atoms with Gasteiger partial charge in [0.15, 0.2) is 0 Å². The van der Waals surface area contributed by atoms with Crippen LogP contribution in [0.1, 0.15) is 19.3 Å². The highest BCUT2D eigenvalue weighted by molar-refractivity contribution is 4.77. The van der Waals surface area contributed by atoms with Crippen LogP contribution in [0.15, 0.2) is 0 Å². The summed E-state index contributed by atoms with van der Waals surface area (Å²) in [7, 11) is 2.21. The second kappa shape index (κ2) is 5.10. The average molecular weight is 197 g/mol. The van der Waals surface area contributed by atoms with Crippen molar-refractivity contribution in [3.05, 3.63) is 0 Å². The zero-order valence-electron chi connectivity index (χ0n) is 9.34. The smallest absolute Gasteiger partial charge is 0.0110 e. The van der Waals surface area contributed by atoms with Crippen molar-refractivity contribution in [2.45, 2.75) is 25.3 Å². The lowest BCUT2D eigenvalue weighted by molar-refractivity contribution is 0.151. The molecule has 0 aromatic heterocycles. The third-order valence-corrected chi connectivity index (χ3v) is 3.56. The quantitative estimate of drug-likeness (QED) is 0.703. The van der Waals surface area contributed by atoms with Gasteiger partial charge in [0.25, 0.3) is 0 Å². The van der Waals surface area contributed by atoms with Gasteiger partial charge in [-0.2, -0.15) is 0 Å². The molecular weight excluding hydrogens is 174 g/mol. The number of hydrogen-bond donors (Lipinski definition) is 1. The Morgan fingerprint density at radius 1 is 1.14 bits per heavy atom. The Balaban J connectivity index is 1.52. The van der Waals surface area contributed by atoms with Crippen LogP contribution in [-0.2, 0) is 0 Å². The van der Waals surface area contributed by atoms with Crippen molar-refractivity contribution in [2.75, 3.05) is 46.3 Å². The third kappa shape index (κ3) is 2.94. The summed E-state index contributed by atoms with van der Waals surface area (Å²) >= 11 is 0. The number of nitrogens with one attached hydrogen (secondary N) is 1. The molecule has 2 fully saturated rings. The van der Waals surface area contributed by atoms with Crippen molar-refractivity contribution >= 4 is 0 Å². The van der Waals surface area contributed by atoms with E-state index in [1.165, 1.54) is 58.5 Å². The van der Waals surface area contributed by atoms with Crippen molar-refractivity contribution in [3.8, 4) is 0 Å². The van der Waals surface area contributed by atoms with E-state index in [0.29, 0.717) is 0 Å². The van der Waals surface area contributed by atoms with Gasteiger partial charge in [-0.1, -0.05) is 6.42 Å². The summed E-state index contributed by atoms with van der Waals surface area (Å²) in [6, 6.07) is 0.850. The summed E-state index contributed by atoms with van der Waals surface area (Å²) in [5, 5.41) is 3.62. The molecule has 0 amide bonds. The third-order valence-electron chi connectivity index (χ3n) is 3.56. The van der Waals surface area contributed by atoms with Crippen LogP contribution in [-0.4, -0.2) is 62.2 Å². The second-order valence-electron chi connectivity index (χ2n) is 4.73. The lowest BCUT2D eigenvalue weighted by atomic mass is 9.93. The van der Waals surface area contributed by atoms with Crippen LogP contribution < -0.4 is 5.32 Å². The molecular formula is C11H23N3. The van der Waals surface area contributed by atoms with E-state index in [-0.39, 0.29) is 0 Å². The highest BCUT2D eigenvalue weighted by Gasteiger charge is 2.17. The minimum Gasteiger partial charge on any atom is -0.313 e. The van der Waals surface area contributed by atoms with Crippen molar-refractivity contribution in [2.24, 2.45) is 0 Å². The van der Waals surface area contributed by atoms with Gasteiger partial charge in [0.2, 0.25) is 0 Å². The molecule has 14 heavy (non-hydrogen) atoms. The number of likely N-dealkylation sites (N-methyl/N-ethyl adjacent to an activating group) is 1. The van der Waals surface area contributed by atoms with E-state index in [9.17, 15) is 0 Å². The van der Waals surface area contributed by atoms with Crippen LogP contribution in [0, 0.1) is 0 Å². The molecule has 1 aliphatic heterocycles. The highest BCUT2D eigenvalue weighted by atomic mass is 15.2. The summed E-state index contributed by atoms with van der Waals surface area (Å²) in [4.78, 5) is 4.99. The van der Waals surface area contributed by atoms with E-state index in [1.807, 2.05) is 0 Å². The molecule has 0 radical (unpaired) electrons. The zero-order chi connectivity index (χ0) is 9.80. The molecule has 2 aliphatic rings. The molecule has 3 nitrogen and oxygen atoms in total. The van der Waals surface area contributed by atoms with E-state index in [1.54, 1.807) is 0 Å². The number of nitrogens with zero attached hydrogens (tertiary/aromatic N) is 2. The average Bonchev–Trinajstić information content (AvgIpc) is 2.12. The van der Waals surface area contributed by atoms with Crippen molar-refractivity contribution in [1.29, 1.82) is 0 Å². The largest absolute Gasteiger partial charge is 0.313 e. The van der Waals surface area contributed by atoms with Crippen molar-refractivity contribution in [3.63, 3.8) is 0 Å². The summed E-state index contributed by atoms with van der Waals surface area (Å²) in [6.07, 6.45) is 4.25. The molecule has 0 spiro atoms. The predicted molar refractivity (Wildman–Crippen MR) is 59.6 cm³/mol. The molecule has 0 unspecified atom stereocenters. The van der Waals surface area contributed by atoms with Gasteiger partial charge in [-0.3, -0.25) is 4.90 Å². The fraction of sp³-hybridized carbons (Fsp3) is 1.00. The van der Waals surface area contributed by atoms with E-state index in [4.69, 9.17) is 0 Å². The van der Waals surface area contributed by atoms with Crippen LogP contribution in [0.2, 0.25) is 0 Å². The van der Waals surface area contributed by atoms with Gasteiger partial charge < -0.3 is 10.2 Å². The van der Waals surface area contributed by atoms with Gasteiger partial charge in [-0.05, 0) is 19.9 Å². The van der Waals surface area contributed by atoms with Gasteiger partial charge in [0, 0.05) is 45.3 Å². The van der Waals surface area contributed by atoms with Crippen LogP contribution in [0.25, 0.3) is 0 Å². The Bertz CT molecular complexity index is 160. The van der Waals surface area contributed by atoms with Gasteiger partial charge in [-0.15, -0.1) is 0 Å². The first-order valence-corrected chi connectivity index (χ1v) is 5.99. The minimum atomic E-state index is 0.850. The van der Waals surface area contributed by atoms with Crippen molar-refractivity contribution < 1.29 is 0 Å². The number of piperazine rings is 1. The minimum absolute atomic E-state index is 0.850. The summed E-state index contributed by atoms with van der Waals surface area (Å²) in [5.74, 6) is 0.